The summed E-state index contributed by atoms with van der Waals surface area (Å²) in [6.45, 7) is 3.78. The molecule has 1 aromatic heterocycles. The summed E-state index contributed by atoms with van der Waals surface area (Å²) in [6, 6.07) is 9.60. The van der Waals surface area contributed by atoms with E-state index in [0.717, 1.165) is 5.56 Å². The Kier molecular flexibility index (Phi) is 5.10. The summed E-state index contributed by atoms with van der Waals surface area (Å²) < 4.78 is 10.7. The summed E-state index contributed by atoms with van der Waals surface area (Å²) >= 11 is 0. The molecule has 0 radical (unpaired) electrons. The van der Waals surface area contributed by atoms with Crippen molar-refractivity contribution in [3.63, 3.8) is 0 Å². The number of benzene rings is 1. The lowest BCUT2D eigenvalue weighted by Crippen LogP contribution is -2.01. The lowest BCUT2D eigenvalue weighted by molar-refractivity contribution is -0.139. The average Bonchev–Trinajstić information content (AvgIpc) is 2.87. The van der Waals surface area contributed by atoms with E-state index in [9.17, 15) is 4.79 Å². The Hall–Kier alpha value is -2.62. The largest absolute Gasteiger partial charge is 0.456 e. The van der Waals surface area contributed by atoms with Gasteiger partial charge in [-0.25, -0.2) is 9.78 Å². The van der Waals surface area contributed by atoms with Gasteiger partial charge in [-0.05, 0) is 26.0 Å². The van der Waals surface area contributed by atoms with Crippen molar-refractivity contribution in [2.24, 2.45) is 0 Å². The Bertz CT molecular complexity index is 654. The number of carbonyl (C=O) groups is 1. The van der Waals surface area contributed by atoms with Crippen molar-refractivity contribution in [1.29, 1.82) is 0 Å². The van der Waals surface area contributed by atoms with Gasteiger partial charge in [0.1, 0.15) is 18.1 Å². The lowest BCUT2D eigenvalue weighted by atomic mass is 10.2. The molecule has 0 atom stereocenters. The number of esters is 1. The van der Waals surface area contributed by atoms with Gasteiger partial charge in [-0.15, -0.1) is 0 Å². The lowest BCUT2D eigenvalue weighted by Gasteiger charge is -1.98. The van der Waals surface area contributed by atoms with Crippen LogP contribution in [0, 0.1) is 6.92 Å². The van der Waals surface area contributed by atoms with Crippen LogP contribution in [0.3, 0.4) is 0 Å². The molecule has 0 fully saturated rings. The molecule has 0 unspecified atom stereocenters. The van der Waals surface area contributed by atoms with Crippen molar-refractivity contribution in [1.82, 2.24) is 4.98 Å². The molecule has 108 valence electrons. The molecule has 2 rings (SSSR count). The fourth-order valence-corrected chi connectivity index (χ4v) is 1.70. The zero-order valence-electron chi connectivity index (χ0n) is 12.1. The van der Waals surface area contributed by atoms with Gasteiger partial charge in [0.25, 0.3) is 0 Å². The van der Waals surface area contributed by atoms with Crippen LogP contribution >= 0.6 is 0 Å². The summed E-state index contributed by atoms with van der Waals surface area (Å²) in [4.78, 5) is 15.8. The highest BCUT2D eigenvalue weighted by Crippen LogP contribution is 2.21. The predicted molar refractivity (Wildman–Crippen MR) is 80.4 cm³/mol. The van der Waals surface area contributed by atoms with Crippen LogP contribution in [-0.2, 0) is 16.1 Å². The first-order chi connectivity index (χ1) is 10.2. The fourth-order valence-electron chi connectivity index (χ4n) is 1.70. The summed E-state index contributed by atoms with van der Waals surface area (Å²) in [5.41, 5.74) is 1.52. The second kappa shape index (κ2) is 7.24. The molecule has 0 saturated heterocycles. The highest BCUT2D eigenvalue weighted by molar-refractivity contribution is 5.82. The first-order valence-electron chi connectivity index (χ1n) is 6.68. The molecule has 0 aliphatic rings. The smallest absolute Gasteiger partial charge is 0.331 e. The molecule has 2 aromatic rings. The van der Waals surface area contributed by atoms with Crippen LogP contribution in [0.1, 0.15) is 18.4 Å². The van der Waals surface area contributed by atoms with Gasteiger partial charge in [0, 0.05) is 11.6 Å². The molecule has 4 nitrogen and oxygen atoms in total. The van der Waals surface area contributed by atoms with Crippen molar-refractivity contribution in [2.45, 2.75) is 20.5 Å². The van der Waals surface area contributed by atoms with Crippen LogP contribution in [0.5, 0.6) is 0 Å². The van der Waals surface area contributed by atoms with Crippen molar-refractivity contribution in [2.75, 3.05) is 0 Å². The van der Waals surface area contributed by atoms with Gasteiger partial charge in [-0.1, -0.05) is 36.4 Å². The van der Waals surface area contributed by atoms with Crippen LogP contribution in [0.25, 0.3) is 11.5 Å². The average molecular weight is 283 g/mol. The first-order valence-corrected chi connectivity index (χ1v) is 6.68. The molecule has 4 heteroatoms. The maximum Gasteiger partial charge on any atom is 0.331 e. The minimum absolute atomic E-state index is 0.0984. The SMILES string of the molecule is C/C=C/C=C/C(=O)OCc1nc(-c2ccccc2)oc1C. The van der Waals surface area contributed by atoms with Gasteiger partial charge >= 0.3 is 5.97 Å². The van der Waals surface area contributed by atoms with Gasteiger partial charge in [-0.3, -0.25) is 0 Å². The van der Waals surface area contributed by atoms with E-state index in [2.05, 4.69) is 4.98 Å². The normalized spacial score (nSPS) is 11.3. The molecule has 0 amide bonds. The molecule has 1 aromatic carbocycles. The number of carbonyl (C=O) groups excluding carboxylic acids is 1. The van der Waals surface area contributed by atoms with Crippen LogP contribution in [0.4, 0.5) is 0 Å². The monoisotopic (exact) mass is 283 g/mol. The minimum atomic E-state index is -0.406. The number of rotatable bonds is 5. The Balaban J connectivity index is 2.02. The molecular formula is C17H17NO3. The van der Waals surface area contributed by atoms with Crippen LogP contribution in [0.15, 0.2) is 59.1 Å². The number of aromatic nitrogens is 1. The zero-order chi connectivity index (χ0) is 15.1. The molecule has 0 saturated carbocycles. The highest BCUT2D eigenvalue weighted by atomic mass is 16.5. The fraction of sp³-hybridized carbons (Fsp3) is 0.176. The molecule has 0 aliphatic carbocycles. The van der Waals surface area contributed by atoms with Crippen LogP contribution < -0.4 is 0 Å². The number of allylic oxidation sites excluding steroid dienone is 3. The van der Waals surface area contributed by atoms with Crippen molar-refractivity contribution < 1.29 is 13.9 Å². The van der Waals surface area contributed by atoms with E-state index in [0.29, 0.717) is 17.3 Å². The Labute approximate surface area is 123 Å². The van der Waals surface area contributed by atoms with E-state index >= 15 is 0 Å². The summed E-state index contributed by atoms with van der Waals surface area (Å²) in [7, 11) is 0. The van der Waals surface area contributed by atoms with E-state index in [-0.39, 0.29) is 6.61 Å². The Morgan fingerprint density at radius 2 is 2.05 bits per heavy atom. The van der Waals surface area contributed by atoms with Crippen LogP contribution in [-0.4, -0.2) is 11.0 Å². The molecule has 21 heavy (non-hydrogen) atoms. The third-order valence-electron chi connectivity index (χ3n) is 2.80. The van der Waals surface area contributed by atoms with E-state index in [4.69, 9.17) is 9.15 Å². The van der Waals surface area contributed by atoms with Crippen LogP contribution in [0.2, 0.25) is 0 Å². The summed E-state index contributed by atoms with van der Waals surface area (Å²) in [6.07, 6.45) is 6.59. The van der Waals surface area contributed by atoms with Gasteiger partial charge in [0.2, 0.25) is 5.89 Å². The molecule has 0 spiro atoms. The number of hydrogen-bond donors (Lipinski definition) is 0. The number of oxazole rings is 1. The van der Waals surface area contributed by atoms with Gasteiger partial charge in [0.15, 0.2) is 0 Å². The number of nitrogens with zero attached hydrogens (tertiary/aromatic N) is 1. The van der Waals surface area contributed by atoms with E-state index in [1.807, 2.05) is 43.3 Å². The Morgan fingerprint density at radius 1 is 1.29 bits per heavy atom. The van der Waals surface area contributed by atoms with E-state index < -0.39 is 5.97 Å². The van der Waals surface area contributed by atoms with Gasteiger partial charge < -0.3 is 9.15 Å². The zero-order valence-corrected chi connectivity index (χ0v) is 12.1. The molecule has 0 N–H and O–H groups in total. The molecule has 1 heterocycles. The van der Waals surface area contributed by atoms with Crippen molar-refractivity contribution in [3.8, 4) is 11.5 Å². The highest BCUT2D eigenvalue weighted by Gasteiger charge is 2.12. The molecular weight excluding hydrogens is 266 g/mol. The predicted octanol–water partition coefficient (Wildman–Crippen LogP) is 3.83. The summed E-state index contributed by atoms with van der Waals surface area (Å²) in [5, 5.41) is 0. The molecule has 0 bridgehead atoms. The number of hydrogen-bond acceptors (Lipinski definition) is 4. The maximum atomic E-state index is 11.5. The first kappa shape index (κ1) is 14.8. The van der Waals surface area contributed by atoms with E-state index in [1.165, 1.54) is 6.08 Å². The van der Waals surface area contributed by atoms with Gasteiger partial charge in [-0.2, -0.15) is 0 Å². The van der Waals surface area contributed by atoms with Gasteiger partial charge in [0.05, 0.1) is 0 Å². The second-order valence-corrected chi connectivity index (χ2v) is 4.38. The number of ether oxygens (including phenoxy) is 1. The summed E-state index contributed by atoms with van der Waals surface area (Å²) in [5.74, 6) is 0.777. The quantitative estimate of drug-likeness (QED) is 0.475. The Morgan fingerprint density at radius 3 is 2.76 bits per heavy atom. The van der Waals surface area contributed by atoms with E-state index in [1.54, 1.807) is 19.1 Å². The third kappa shape index (κ3) is 4.18. The minimum Gasteiger partial charge on any atom is -0.456 e. The standard InChI is InChI=1S/C17H17NO3/c1-3-4-6-11-16(19)20-12-15-13(2)21-17(18-15)14-9-7-5-8-10-14/h3-11H,12H2,1-2H3/b4-3+,11-6+. The maximum absolute atomic E-state index is 11.5. The second-order valence-electron chi connectivity index (χ2n) is 4.38. The third-order valence-corrected chi connectivity index (χ3v) is 2.80. The van der Waals surface area contributed by atoms with Crippen molar-refractivity contribution in [3.05, 3.63) is 66.1 Å². The topological polar surface area (TPSA) is 52.3 Å². The van der Waals surface area contributed by atoms with Crippen molar-refractivity contribution >= 4 is 5.97 Å². The number of aryl methyl sites for hydroxylation is 1. The molecule has 0 aliphatic heterocycles.